The number of carbonyl (C=O) groups excluding carboxylic acids is 1. The minimum absolute atomic E-state index is 0.0939. The van der Waals surface area contributed by atoms with Gasteiger partial charge in [-0.2, -0.15) is 0 Å². The van der Waals surface area contributed by atoms with Crippen molar-refractivity contribution in [2.24, 2.45) is 0 Å². The Morgan fingerprint density at radius 2 is 2.17 bits per heavy atom. The molecule has 2 atom stereocenters. The zero-order valence-corrected chi connectivity index (χ0v) is 15.1. The van der Waals surface area contributed by atoms with Crippen LogP contribution in [-0.4, -0.2) is 49.1 Å². The molecule has 0 saturated carbocycles. The van der Waals surface area contributed by atoms with Crippen LogP contribution in [0.15, 0.2) is 17.4 Å². The summed E-state index contributed by atoms with van der Waals surface area (Å²) in [6.45, 7) is 8.04. The minimum Gasteiger partial charge on any atom is -0.444 e. The van der Waals surface area contributed by atoms with Gasteiger partial charge in [-0.3, -0.25) is 4.21 Å². The quantitative estimate of drug-likeness (QED) is 0.792. The molecule has 0 unspecified atom stereocenters. The molecule has 128 valence electrons. The van der Waals surface area contributed by atoms with Crippen LogP contribution in [0.4, 0.5) is 4.79 Å². The fourth-order valence-electron chi connectivity index (χ4n) is 2.52. The molecule has 1 aliphatic rings. The van der Waals surface area contributed by atoms with Gasteiger partial charge >= 0.3 is 6.09 Å². The third-order valence-electron chi connectivity index (χ3n) is 3.58. The summed E-state index contributed by atoms with van der Waals surface area (Å²) in [6.07, 6.45) is 4.09. The molecule has 0 bridgehead atoms. The Morgan fingerprint density at radius 3 is 2.83 bits per heavy atom. The standard InChI is InChI=1S/C16H25N3O3S/c1-12-8-9-17-14(18-12)23(21)11-13-7-5-6-10-19(13)15(20)22-16(2,3)4/h8-9,13H,5-7,10-11H2,1-4H3/t13-,23-/m0/s1. The van der Waals surface area contributed by atoms with E-state index in [1.807, 2.05) is 27.7 Å². The van der Waals surface area contributed by atoms with Gasteiger partial charge in [0.15, 0.2) is 0 Å². The number of nitrogens with zero attached hydrogens (tertiary/aromatic N) is 3. The summed E-state index contributed by atoms with van der Waals surface area (Å²) in [5, 5.41) is 0.333. The van der Waals surface area contributed by atoms with Gasteiger partial charge in [-0.15, -0.1) is 0 Å². The molecule has 2 rings (SSSR count). The Morgan fingerprint density at radius 1 is 1.43 bits per heavy atom. The van der Waals surface area contributed by atoms with E-state index < -0.39 is 16.4 Å². The molecule has 23 heavy (non-hydrogen) atoms. The average Bonchev–Trinajstić information content (AvgIpc) is 2.46. The topological polar surface area (TPSA) is 72.4 Å². The van der Waals surface area contributed by atoms with E-state index >= 15 is 0 Å². The first-order valence-electron chi connectivity index (χ1n) is 7.94. The first kappa shape index (κ1) is 17.8. The van der Waals surface area contributed by atoms with Gasteiger partial charge in [-0.25, -0.2) is 14.8 Å². The lowest BCUT2D eigenvalue weighted by atomic mass is 10.0. The van der Waals surface area contributed by atoms with Crippen molar-refractivity contribution in [2.45, 2.75) is 63.8 Å². The fraction of sp³-hybridized carbons (Fsp3) is 0.688. The summed E-state index contributed by atoms with van der Waals surface area (Å²) < 4.78 is 18.0. The maximum Gasteiger partial charge on any atom is 0.410 e. The second-order valence-corrected chi connectivity index (χ2v) is 8.21. The van der Waals surface area contributed by atoms with Gasteiger partial charge < -0.3 is 9.64 Å². The maximum atomic E-state index is 12.5. The Bertz CT molecular complexity index is 586. The van der Waals surface area contributed by atoms with Crippen molar-refractivity contribution < 1.29 is 13.7 Å². The molecular formula is C16H25N3O3S. The van der Waals surface area contributed by atoms with Crippen molar-refractivity contribution >= 4 is 16.9 Å². The van der Waals surface area contributed by atoms with Crippen molar-refractivity contribution in [3.63, 3.8) is 0 Å². The van der Waals surface area contributed by atoms with Crippen molar-refractivity contribution in [3.05, 3.63) is 18.0 Å². The van der Waals surface area contributed by atoms with Crippen molar-refractivity contribution in [1.29, 1.82) is 0 Å². The molecule has 1 saturated heterocycles. The zero-order chi connectivity index (χ0) is 17.0. The number of carbonyl (C=O) groups is 1. The predicted molar refractivity (Wildman–Crippen MR) is 88.6 cm³/mol. The normalized spacial score (nSPS) is 20.2. The second kappa shape index (κ2) is 7.38. The molecule has 0 spiro atoms. The van der Waals surface area contributed by atoms with Gasteiger partial charge in [-0.1, -0.05) is 0 Å². The van der Waals surface area contributed by atoms with Crippen LogP contribution >= 0.6 is 0 Å². The van der Waals surface area contributed by atoms with Crippen molar-refractivity contribution in [2.75, 3.05) is 12.3 Å². The van der Waals surface area contributed by atoms with E-state index in [0.717, 1.165) is 25.0 Å². The fourth-order valence-corrected chi connectivity index (χ4v) is 3.79. The number of hydrogen-bond acceptors (Lipinski definition) is 5. The minimum atomic E-state index is -1.32. The molecule has 1 fully saturated rings. The number of hydrogen-bond donors (Lipinski definition) is 0. The van der Waals surface area contributed by atoms with Gasteiger partial charge in [-0.05, 0) is 53.0 Å². The third-order valence-corrected chi connectivity index (χ3v) is 4.87. The highest BCUT2D eigenvalue weighted by Gasteiger charge is 2.32. The number of aromatic nitrogens is 2. The smallest absolute Gasteiger partial charge is 0.410 e. The van der Waals surface area contributed by atoms with Crippen LogP contribution in [0.2, 0.25) is 0 Å². The largest absolute Gasteiger partial charge is 0.444 e. The van der Waals surface area contributed by atoms with Crippen molar-refractivity contribution in [1.82, 2.24) is 14.9 Å². The van der Waals surface area contributed by atoms with E-state index in [-0.39, 0.29) is 12.1 Å². The summed E-state index contributed by atoms with van der Waals surface area (Å²) in [6, 6.07) is 1.68. The van der Waals surface area contributed by atoms with Crippen LogP contribution < -0.4 is 0 Å². The Balaban J connectivity index is 2.06. The highest BCUT2D eigenvalue weighted by atomic mass is 32.2. The first-order valence-corrected chi connectivity index (χ1v) is 9.26. The number of aryl methyl sites for hydroxylation is 1. The molecule has 1 aromatic rings. The number of ether oxygens (including phenoxy) is 1. The van der Waals surface area contributed by atoms with E-state index in [0.29, 0.717) is 17.5 Å². The van der Waals surface area contributed by atoms with Crippen LogP contribution in [0.5, 0.6) is 0 Å². The Labute approximate surface area is 140 Å². The summed E-state index contributed by atoms with van der Waals surface area (Å²) in [5.41, 5.74) is 0.258. The summed E-state index contributed by atoms with van der Waals surface area (Å²) >= 11 is 0. The summed E-state index contributed by atoms with van der Waals surface area (Å²) in [7, 11) is -1.32. The monoisotopic (exact) mass is 339 g/mol. The highest BCUT2D eigenvalue weighted by Crippen LogP contribution is 2.22. The van der Waals surface area contributed by atoms with E-state index in [1.54, 1.807) is 17.2 Å². The Hall–Kier alpha value is -1.50. The molecule has 1 amide bonds. The van der Waals surface area contributed by atoms with Gasteiger partial charge in [0.25, 0.3) is 0 Å². The molecule has 0 aliphatic carbocycles. The molecule has 1 aromatic heterocycles. The summed E-state index contributed by atoms with van der Waals surface area (Å²) in [4.78, 5) is 22.4. The molecular weight excluding hydrogens is 314 g/mol. The third kappa shape index (κ3) is 5.27. The molecule has 0 N–H and O–H groups in total. The first-order chi connectivity index (χ1) is 10.8. The SMILES string of the molecule is Cc1ccnc([S@@](=O)C[C@@H]2CCCCN2C(=O)OC(C)(C)C)n1. The average molecular weight is 339 g/mol. The number of amides is 1. The van der Waals surface area contributed by atoms with Crippen LogP contribution in [-0.2, 0) is 15.5 Å². The zero-order valence-electron chi connectivity index (χ0n) is 14.2. The molecule has 7 heteroatoms. The van der Waals surface area contributed by atoms with E-state index in [2.05, 4.69) is 9.97 Å². The van der Waals surface area contributed by atoms with Gasteiger partial charge in [0.2, 0.25) is 5.16 Å². The highest BCUT2D eigenvalue weighted by molar-refractivity contribution is 7.84. The molecule has 1 aliphatic heterocycles. The lowest BCUT2D eigenvalue weighted by Crippen LogP contribution is -2.48. The molecule has 2 heterocycles. The number of piperidine rings is 1. The molecule has 0 radical (unpaired) electrons. The Kier molecular flexibility index (Phi) is 5.73. The van der Waals surface area contributed by atoms with E-state index in [1.165, 1.54) is 0 Å². The van der Waals surface area contributed by atoms with Crippen molar-refractivity contribution in [3.8, 4) is 0 Å². The summed E-state index contributed by atoms with van der Waals surface area (Å²) in [5.74, 6) is 0.350. The van der Waals surface area contributed by atoms with Crippen LogP contribution in [0, 0.1) is 6.92 Å². The van der Waals surface area contributed by atoms with E-state index in [4.69, 9.17) is 4.74 Å². The maximum absolute atomic E-state index is 12.5. The molecule has 6 nitrogen and oxygen atoms in total. The van der Waals surface area contributed by atoms with Crippen LogP contribution in [0.1, 0.15) is 45.7 Å². The second-order valence-electron chi connectivity index (χ2n) is 6.82. The van der Waals surface area contributed by atoms with Gasteiger partial charge in [0.1, 0.15) is 5.60 Å². The lowest BCUT2D eigenvalue weighted by molar-refractivity contribution is 0.0125. The van der Waals surface area contributed by atoms with E-state index in [9.17, 15) is 9.00 Å². The van der Waals surface area contributed by atoms with Crippen LogP contribution in [0.25, 0.3) is 0 Å². The lowest BCUT2D eigenvalue weighted by Gasteiger charge is -2.36. The van der Waals surface area contributed by atoms with Gasteiger partial charge in [0.05, 0.1) is 16.6 Å². The number of rotatable bonds is 3. The van der Waals surface area contributed by atoms with Gasteiger partial charge in [0, 0.05) is 24.5 Å². The van der Waals surface area contributed by atoms with Crippen LogP contribution in [0.3, 0.4) is 0 Å². The molecule has 0 aromatic carbocycles. The predicted octanol–water partition coefficient (Wildman–Crippen LogP) is 2.68. The number of likely N-dealkylation sites (tertiary alicyclic amines) is 1.